The van der Waals surface area contributed by atoms with Crippen LogP contribution in [-0.2, 0) is 30.3 Å². The van der Waals surface area contributed by atoms with Crippen molar-refractivity contribution in [1.29, 1.82) is 0 Å². The van der Waals surface area contributed by atoms with Crippen molar-refractivity contribution in [1.82, 2.24) is 41.6 Å². The summed E-state index contributed by atoms with van der Waals surface area (Å²) < 4.78 is 37.1. The van der Waals surface area contributed by atoms with E-state index in [-0.39, 0.29) is 29.8 Å². The minimum absolute atomic E-state index is 0.179. The van der Waals surface area contributed by atoms with Crippen LogP contribution in [0.1, 0.15) is 74.6 Å². The Labute approximate surface area is 359 Å². The van der Waals surface area contributed by atoms with Crippen molar-refractivity contribution >= 4 is 41.4 Å². The van der Waals surface area contributed by atoms with Crippen molar-refractivity contribution in [2.24, 2.45) is 17.6 Å². The van der Waals surface area contributed by atoms with E-state index < -0.39 is 53.7 Å². The van der Waals surface area contributed by atoms with Crippen molar-refractivity contribution in [3.63, 3.8) is 0 Å². The van der Waals surface area contributed by atoms with E-state index >= 15 is 0 Å². The second-order valence-corrected chi connectivity index (χ2v) is 16.1. The minimum Gasteiger partial charge on any atom is -0.475 e. The summed E-state index contributed by atoms with van der Waals surface area (Å²) in [6.07, 6.45) is -2.33. The van der Waals surface area contributed by atoms with E-state index in [0.717, 1.165) is 16.7 Å². The summed E-state index contributed by atoms with van der Waals surface area (Å²) in [5.41, 5.74) is 10.4. The first-order valence-corrected chi connectivity index (χ1v) is 20.1. The van der Waals surface area contributed by atoms with Crippen LogP contribution in [0.3, 0.4) is 0 Å². The first-order chi connectivity index (χ1) is 29.7. The number of carboxylic acid groups (broad SMARTS) is 1. The lowest BCUT2D eigenvalue weighted by Crippen LogP contribution is -2.50. The molecule has 6 rings (SSSR count). The molecule has 2 fully saturated rings. The number of imide groups is 1. The van der Waals surface area contributed by atoms with Gasteiger partial charge < -0.3 is 31.5 Å². The van der Waals surface area contributed by atoms with Crippen molar-refractivity contribution in [3.05, 3.63) is 77.6 Å². The third-order valence-electron chi connectivity index (χ3n) is 10.3. The lowest BCUT2D eigenvalue weighted by Gasteiger charge is -2.32. The lowest BCUT2D eigenvalue weighted by molar-refractivity contribution is -0.192. The summed E-state index contributed by atoms with van der Waals surface area (Å²) in [6, 6.07) is 16.2. The highest BCUT2D eigenvalue weighted by Gasteiger charge is 2.38. The van der Waals surface area contributed by atoms with E-state index in [9.17, 15) is 37.1 Å². The Bertz CT molecular complexity index is 2260. The molecule has 2 atom stereocenters. The Morgan fingerprint density at radius 2 is 1.57 bits per heavy atom. The maximum Gasteiger partial charge on any atom is 0.490 e. The van der Waals surface area contributed by atoms with Gasteiger partial charge in [-0.05, 0) is 119 Å². The number of rotatable bonds is 11. The Morgan fingerprint density at radius 1 is 0.937 bits per heavy atom. The van der Waals surface area contributed by atoms with Gasteiger partial charge in [0.15, 0.2) is 0 Å². The number of aromatic amines is 1. The van der Waals surface area contributed by atoms with E-state index in [2.05, 4.69) is 41.6 Å². The molecule has 5 amide bonds. The summed E-state index contributed by atoms with van der Waals surface area (Å²) in [6.45, 7) is 8.21. The predicted molar refractivity (Wildman–Crippen MR) is 220 cm³/mol. The number of aromatic nitrogens is 5. The molecule has 0 spiro atoms. The van der Waals surface area contributed by atoms with Crippen LogP contribution in [0.4, 0.5) is 23.7 Å². The number of anilines is 1. The van der Waals surface area contributed by atoms with Gasteiger partial charge in [0.1, 0.15) is 17.3 Å². The molecule has 0 bridgehead atoms. The zero-order valence-electron chi connectivity index (χ0n) is 35.0. The maximum atomic E-state index is 14.2. The number of alkyl carbamates (subject to hydrolysis) is 1. The fraction of sp³-hybridized carbons (Fsp3) is 0.429. The second-order valence-electron chi connectivity index (χ2n) is 16.1. The molecule has 0 radical (unpaired) electrons. The minimum atomic E-state index is -5.08. The number of hydrogen-bond donors (Lipinski definition) is 6. The molecule has 1 saturated heterocycles. The Balaban J connectivity index is 0.000000985. The van der Waals surface area contributed by atoms with Gasteiger partial charge in [-0.25, -0.2) is 19.5 Å². The number of ether oxygens (including phenoxy) is 1. The van der Waals surface area contributed by atoms with Crippen molar-refractivity contribution in [2.45, 2.75) is 90.1 Å². The third kappa shape index (κ3) is 13.1. The highest BCUT2D eigenvalue weighted by atomic mass is 19.4. The number of H-pyrrole nitrogens is 1. The molecule has 1 saturated carbocycles. The molecule has 21 heteroatoms. The highest BCUT2D eigenvalue weighted by Crippen LogP contribution is 2.32. The standard InChI is InChI=1S/C40H48N10O6.C2HF3O2/c1-23-30(17-18-32(44-23)36(52)45-33-19-20-42-35(33)51)26-9-5-24(6-10-26)21-31(41)38(54)50(29-15-13-27(14-16-29)34-46-48-49-47-34)37(53)28-11-7-25(8-12-28)22-43-39(55)56-40(2,3)4;3-2(4,5)1(6)7/h5-6,9-10,13-18,25,28,31,33H,7-8,11-12,19-22,41H2,1-4H3,(H,42,51)(H,43,55)(H,45,52)(H,46,47,48,49);(H,6,7)/t25?,28?,31-,33+;/m0./s1. The molecular formula is C42H49F3N10O8. The topological polar surface area (TPSA) is 265 Å². The van der Waals surface area contributed by atoms with Gasteiger partial charge in [-0.2, -0.15) is 18.4 Å². The zero-order chi connectivity index (χ0) is 46.1. The van der Waals surface area contributed by atoms with Gasteiger partial charge in [-0.15, -0.1) is 10.2 Å². The number of amides is 5. The van der Waals surface area contributed by atoms with Gasteiger partial charge in [0.25, 0.3) is 11.8 Å². The molecule has 4 aromatic rings. The molecular weight excluding hydrogens is 830 g/mol. The number of halogens is 3. The molecule has 1 aliphatic carbocycles. The quantitative estimate of drug-likeness (QED) is 0.123. The number of tetrazole rings is 1. The number of carbonyl (C=O) groups is 6. The smallest absolute Gasteiger partial charge is 0.475 e. The van der Waals surface area contributed by atoms with E-state index in [0.29, 0.717) is 68.0 Å². The third-order valence-corrected chi connectivity index (χ3v) is 10.3. The first-order valence-electron chi connectivity index (χ1n) is 20.1. The highest BCUT2D eigenvalue weighted by molar-refractivity contribution is 6.17. The number of carboxylic acids is 1. The predicted octanol–water partition coefficient (Wildman–Crippen LogP) is 4.25. The second kappa shape index (κ2) is 20.4. The van der Waals surface area contributed by atoms with Crippen LogP contribution in [0.15, 0.2) is 60.7 Å². The van der Waals surface area contributed by atoms with Crippen LogP contribution in [-0.4, -0.2) is 103 Å². The Morgan fingerprint density at radius 3 is 2.11 bits per heavy atom. The fourth-order valence-electron chi connectivity index (χ4n) is 7.03. The normalized spacial score (nSPS) is 17.9. The molecule has 63 heavy (non-hydrogen) atoms. The van der Waals surface area contributed by atoms with Gasteiger partial charge in [-0.3, -0.25) is 19.2 Å². The average Bonchev–Trinajstić information content (AvgIpc) is 3.92. The van der Waals surface area contributed by atoms with Crippen LogP contribution in [0.5, 0.6) is 0 Å². The molecule has 1 aliphatic heterocycles. The molecule has 2 aromatic heterocycles. The number of alkyl halides is 3. The summed E-state index contributed by atoms with van der Waals surface area (Å²) in [7, 11) is 0. The van der Waals surface area contributed by atoms with Crippen LogP contribution in [0.2, 0.25) is 0 Å². The van der Waals surface area contributed by atoms with Crippen LogP contribution >= 0.6 is 0 Å². The van der Waals surface area contributed by atoms with Crippen LogP contribution in [0.25, 0.3) is 22.5 Å². The van der Waals surface area contributed by atoms with Crippen LogP contribution < -0.4 is 26.6 Å². The van der Waals surface area contributed by atoms with E-state index in [1.165, 1.54) is 4.90 Å². The van der Waals surface area contributed by atoms with E-state index in [4.69, 9.17) is 20.4 Å². The summed E-state index contributed by atoms with van der Waals surface area (Å²) >= 11 is 0. The van der Waals surface area contributed by atoms with E-state index in [1.54, 1.807) is 30.3 Å². The monoisotopic (exact) mass is 878 g/mol. The zero-order valence-corrected chi connectivity index (χ0v) is 35.0. The largest absolute Gasteiger partial charge is 0.490 e. The van der Waals surface area contributed by atoms with Gasteiger partial charge in [0.05, 0.1) is 11.7 Å². The number of nitrogens with one attached hydrogen (secondary N) is 4. The first kappa shape index (κ1) is 47.3. The Kier molecular flexibility index (Phi) is 15.3. The van der Waals surface area contributed by atoms with Crippen molar-refractivity contribution in [2.75, 3.05) is 18.0 Å². The fourth-order valence-corrected chi connectivity index (χ4v) is 7.03. The summed E-state index contributed by atoms with van der Waals surface area (Å²) in [5.74, 6) is -4.06. The summed E-state index contributed by atoms with van der Waals surface area (Å²) in [4.78, 5) is 79.8. The number of nitrogens with zero attached hydrogens (tertiary/aromatic N) is 5. The van der Waals surface area contributed by atoms with Gasteiger partial charge in [0.2, 0.25) is 17.6 Å². The van der Waals surface area contributed by atoms with Gasteiger partial charge in [0, 0.05) is 35.8 Å². The molecule has 7 N–H and O–H groups in total. The van der Waals surface area contributed by atoms with Gasteiger partial charge >= 0.3 is 18.2 Å². The number of hydrogen-bond acceptors (Lipinski definition) is 12. The van der Waals surface area contributed by atoms with Crippen LogP contribution in [0, 0.1) is 18.8 Å². The number of pyridine rings is 1. The number of benzene rings is 2. The Hall–Kier alpha value is -6.77. The summed E-state index contributed by atoms with van der Waals surface area (Å²) in [5, 5.41) is 29.4. The number of carbonyl (C=O) groups excluding carboxylic acids is 5. The molecule has 2 aliphatic rings. The number of nitrogens with two attached hydrogens (primary N) is 1. The van der Waals surface area contributed by atoms with E-state index in [1.807, 2.05) is 58.0 Å². The molecule has 336 valence electrons. The van der Waals surface area contributed by atoms with Gasteiger partial charge in [-0.1, -0.05) is 30.3 Å². The SMILES string of the molecule is Cc1nc(C(=O)N[C@@H]2CCNC2=O)ccc1-c1ccc(C[C@H](N)C(=O)N(C(=O)C2CCC(CNC(=O)OC(C)(C)C)CC2)c2ccc(-c3nn[nH]n3)cc2)cc1.O=C(O)C(F)(F)F. The molecule has 3 heterocycles. The maximum absolute atomic E-state index is 14.2. The molecule has 0 unspecified atom stereocenters. The molecule has 2 aromatic carbocycles. The number of aliphatic carboxylic acids is 1. The number of aryl methyl sites for hydroxylation is 1. The molecule has 18 nitrogen and oxygen atoms in total. The average molecular weight is 879 g/mol. The lowest BCUT2D eigenvalue weighted by atomic mass is 9.81. The van der Waals surface area contributed by atoms with Crippen molar-refractivity contribution in [3.8, 4) is 22.5 Å². The van der Waals surface area contributed by atoms with Crippen molar-refractivity contribution < 1.29 is 51.8 Å².